The first-order valence-corrected chi connectivity index (χ1v) is 10.4. The van der Waals surface area contributed by atoms with Crippen molar-refractivity contribution in [3.8, 4) is 11.5 Å². The van der Waals surface area contributed by atoms with E-state index in [0.29, 0.717) is 31.1 Å². The summed E-state index contributed by atoms with van der Waals surface area (Å²) in [5.74, 6) is 0.395. The van der Waals surface area contributed by atoms with Crippen molar-refractivity contribution in [2.75, 3.05) is 32.2 Å². The molecular weight excluding hydrogens is 367 g/mol. The fraction of sp³-hybridized carbons (Fsp3) is 0.421. The van der Waals surface area contributed by atoms with Gasteiger partial charge >= 0.3 is 7.60 Å². The van der Waals surface area contributed by atoms with Crippen LogP contribution in [-0.2, 0) is 13.6 Å². The summed E-state index contributed by atoms with van der Waals surface area (Å²) in [6.07, 6.45) is 0. The molecule has 7 nitrogen and oxygen atoms in total. The molecule has 0 aliphatic carbocycles. The zero-order valence-corrected chi connectivity index (χ0v) is 16.9. The molecule has 2 N–H and O–H groups in total. The van der Waals surface area contributed by atoms with Crippen LogP contribution in [0.4, 0.5) is 5.69 Å². The number of nitrogens with zero attached hydrogens (tertiary/aromatic N) is 1. The summed E-state index contributed by atoms with van der Waals surface area (Å²) in [6, 6.07) is 7.33. The quantitative estimate of drug-likeness (QED) is 0.715. The lowest BCUT2D eigenvalue weighted by atomic mass is 10.1. The van der Waals surface area contributed by atoms with Crippen molar-refractivity contribution >= 4 is 13.3 Å². The van der Waals surface area contributed by atoms with Crippen LogP contribution in [0.3, 0.4) is 0 Å². The van der Waals surface area contributed by atoms with Gasteiger partial charge in [-0.05, 0) is 50.1 Å². The first kappa shape index (κ1) is 19.7. The average Bonchev–Trinajstić information content (AvgIpc) is 3.07. The molecule has 1 aromatic carbocycles. The van der Waals surface area contributed by atoms with Crippen LogP contribution in [-0.4, -0.2) is 37.0 Å². The topological polar surface area (TPSA) is 89.9 Å². The van der Waals surface area contributed by atoms with Crippen LogP contribution in [0.25, 0.3) is 0 Å². The number of benzene rings is 1. The zero-order chi connectivity index (χ0) is 19.6. The van der Waals surface area contributed by atoms with E-state index in [4.69, 9.17) is 13.8 Å². The number of ether oxygens (including phenoxy) is 1. The molecule has 2 aromatic rings. The molecule has 2 heterocycles. The van der Waals surface area contributed by atoms with E-state index in [1.54, 1.807) is 19.1 Å². The van der Waals surface area contributed by atoms with E-state index in [2.05, 4.69) is 10.3 Å². The van der Waals surface area contributed by atoms with Gasteiger partial charge in [-0.1, -0.05) is 6.07 Å². The van der Waals surface area contributed by atoms with Crippen LogP contribution in [0, 0.1) is 20.8 Å². The smallest absolute Gasteiger partial charge is 0.340 e. The molecule has 1 saturated heterocycles. The summed E-state index contributed by atoms with van der Waals surface area (Å²) in [6.45, 7) is 6.55. The predicted octanol–water partition coefficient (Wildman–Crippen LogP) is 4.11. The second-order valence-corrected chi connectivity index (χ2v) is 8.80. The van der Waals surface area contributed by atoms with Crippen molar-refractivity contribution in [3.05, 3.63) is 46.8 Å². The molecule has 1 unspecified atom stereocenters. The van der Waals surface area contributed by atoms with E-state index >= 15 is 0 Å². The number of rotatable bonds is 6. The summed E-state index contributed by atoms with van der Waals surface area (Å²) >= 11 is 0. The maximum absolute atomic E-state index is 13.3. The van der Waals surface area contributed by atoms with Gasteiger partial charge in [-0.3, -0.25) is 9.55 Å². The highest BCUT2D eigenvalue weighted by molar-refractivity contribution is 7.54. The van der Waals surface area contributed by atoms with Gasteiger partial charge in [0.05, 0.1) is 31.7 Å². The Hall–Kier alpha value is -2.08. The Kier molecular flexibility index (Phi) is 5.75. The zero-order valence-electron chi connectivity index (χ0n) is 16.0. The minimum absolute atomic E-state index is 0.0677. The molecule has 0 bridgehead atoms. The minimum atomic E-state index is -3.35. The fourth-order valence-electron chi connectivity index (χ4n) is 3.16. The number of nitrogens with one attached hydrogen (secondary N) is 1. The lowest BCUT2D eigenvalue weighted by molar-refractivity contribution is 0.339. The third-order valence-corrected chi connectivity index (χ3v) is 6.94. The molecular formula is C19H25N2O5P. The maximum atomic E-state index is 13.3. The van der Waals surface area contributed by atoms with Gasteiger partial charge in [-0.25, -0.2) is 0 Å². The lowest BCUT2D eigenvalue weighted by Crippen LogP contribution is -2.15. The monoisotopic (exact) mass is 392 g/mol. The summed E-state index contributed by atoms with van der Waals surface area (Å²) in [5, 5.41) is 13.4. The van der Waals surface area contributed by atoms with Crippen LogP contribution in [0.2, 0.25) is 0 Å². The number of methoxy groups -OCH3 is 1. The number of aryl methyl sites for hydroxylation is 3. The summed E-state index contributed by atoms with van der Waals surface area (Å²) in [7, 11) is -1.87. The van der Waals surface area contributed by atoms with Crippen molar-refractivity contribution in [1.29, 1.82) is 0 Å². The number of anilines is 1. The van der Waals surface area contributed by atoms with Gasteiger partial charge < -0.3 is 24.2 Å². The van der Waals surface area contributed by atoms with Crippen LogP contribution >= 0.6 is 7.60 Å². The Bertz CT molecular complexity index is 877. The molecule has 1 aliphatic rings. The van der Waals surface area contributed by atoms with Crippen molar-refractivity contribution in [1.82, 2.24) is 4.98 Å². The summed E-state index contributed by atoms with van der Waals surface area (Å²) in [5.41, 5.74) is 3.46. The number of phenols is 1. The number of hydrogen-bond acceptors (Lipinski definition) is 7. The fourth-order valence-corrected chi connectivity index (χ4v) is 5.08. The molecule has 0 amide bonds. The molecule has 0 radical (unpaired) electrons. The normalized spacial score (nSPS) is 16.9. The number of aromatic nitrogens is 1. The van der Waals surface area contributed by atoms with Crippen LogP contribution in [0.5, 0.6) is 11.5 Å². The first-order valence-electron chi connectivity index (χ1n) is 8.78. The van der Waals surface area contributed by atoms with Crippen LogP contribution in [0.1, 0.15) is 28.2 Å². The predicted molar refractivity (Wildman–Crippen MR) is 104 cm³/mol. The molecule has 3 rings (SSSR count). The van der Waals surface area contributed by atoms with E-state index in [1.165, 1.54) is 7.11 Å². The van der Waals surface area contributed by atoms with Crippen molar-refractivity contribution in [2.45, 2.75) is 26.4 Å². The standard InChI is InChI=1S/C19H25N2O5P/c1-12-9-15(10-17(24-4)19(12)22)18(27(23)25-7-8-26-27)11-20-16-6-5-13(2)21-14(16)3/h5-6,9-10,18,20,22H,7-8,11H2,1-4H3. The van der Waals surface area contributed by atoms with Gasteiger partial charge in [0.1, 0.15) is 5.66 Å². The second kappa shape index (κ2) is 7.89. The third kappa shape index (κ3) is 4.10. The van der Waals surface area contributed by atoms with Crippen molar-refractivity contribution < 1.29 is 23.5 Å². The highest BCUT2D eigenvalue weighted by Crippen LogP contribution is 2.63. The minimum Gasteiger partial charge on any atom is -0.504 e. The van der Waals surface area contributed by atoms with E-state index < -0.39 is 13.3 Å². The Labute approximate surface area is 159 Å². The van der Waals surface area contributed by atoms with E-state index in [-0.39, 0.29) is 5.75 Å². The SMILES string of the molecule is COc1cc(C(CNc2ccc(C)nc2C)P2(=O)OCCO2)cc(C)c1O. The molecule has 0 spiro atoms. The molecule has 1 atom stereocenters. The van der Waals surface area contributed by atoms with Gasteiger partial charge in [0.2, 0.25) is 0 Å². The molecule has 27 heavy (non-hydrogen) atoms. The first-order chi connectivity index (χ1) is 12.8. The second-order valence-electron chi connectivity index (χ2n) is 6.58. The largest absolute Gasteiger partial charge is 0.504 e. The van der Waals surface area contributed by atoms with Gasteiger partial charge in [0, 0.05) is 12.2 Å². The van der Waals surface area contributed by atoms with Crippen molar-refractivity contribution in [2.24, 2.45) is 0 Å². The molecule has 8 heteroatoms. The van der Waals surface area contributed by atoms with Gasteiger partial charge in [0.25, 0.3) is 0 Å². The van der Waals surface area contributed by atoms with Crippen LogP contribution in [0.15, 0.2) is 24.3 Å². The summed E-state index contributed by atoms with van der Waals surface area (Å²) < 4.78 is 29.5. The number of aromatic hydroxyl groups is 1. The molecule has 146 valence electrons. The van der Waals surface area contributed by atoms with Gasteiger partial charge in [-0.15, -0.1) is 0 Å². The Morgan fingerprint density at radius 1 is 1.26 bits per heavy atom. The Balaban J connectivity index is 1.95. The molecule has 1 aromatic heterocycles. The number of hydrogen-bond donors (Lipinski definition) is 2. The highest BCUT2D eigenvalue weighted by atomic mass is 31.2. The van der Waals surface area contributed by atoms with E-state index in [1.807, 2.05) is 26.0 Å². The summed E-state index contributed by atoms with van der Waals surface area (Å²) in [4.78, 5) is 4.45. The van der Waals surface area contributed by atoms with Gasteiger partial charge in [0.15, 0.2) is 11.5 Å². The number of phenolic OH excluding ortho intramolecular Hbond substituents is 1. The molecule has 1 aliphatic heterocycles. The third-order valence-electron chi connectivity index (χ3n) is 4.61. The Morgan fingerprint density at radius 3 is 2.59 bits per heavy atom. The average molecular weight is 392 g/mol. The molecule has 1 fully saturated rings. The van der Waals surface area contributed by atoms with E-state index in [0.717, 1.165) is 22.6 Å². The lowest BCUT2D eigenvalue weighted by Gasteiger charge is -2.24. The maximum Gasteiger partial charge on any atom is 0.340 e. The highest BCUT2D eigenvalue weighted by Gasteiger charge is 2.41. The van der Waals surface area contributed by atoms with E-state index in [9.17, 15) is 9.67 Å². The molecule has 0 saturated carbocycles. The van der Waals surface area contributed by atoms with Gasteiger partial charge in [-0.2, -0.15) is 0 Å². The van der Waals surface area contributed by atoms with Crippen molar-refractivity contribution in [3.63, 3.8) is 0 Å². The number of pyridine rings is 1. The van der Waals surface area contributed by atoms with Crippen LogP contribution < -0.4 is 10.1 Å². The Morgan fingerprint density at radius 2 is 1.96 bits per heavy atom.